The molecule has 2 aliphatic rings. The minimum Gasteiger partial charge on any atom is -0.444 e. The second kappa shape index (κ2) is 19.9. The quantitative estimate of drug-likeness (QED) is 0.0880. The van der Waals surface area contributed by atoms with Gasteiger partial charge in [-0.3, -0.25) is 0 Å². The number of rotatable bonds is 15. The summed E-state index contributed by atoms with van der Waals surface area (Å²) in [5.41, 5.74) is 3.12. The largest absolute Gasteiger partial charge is 0.468 e. The molecule has 2 saturated heterocycles. The van der Waals surface area contributed by atoms with Gasteiger partial charge in [-0.2, -0.15) is 13.2 Å². The summed E-state index contributed by atoms with van der Waals surface area (Å²) in [6.07, 6.45) is -9.30. The summed E-state index contributed by atoms with van der Waals surface area (Å²) >= 11 is 0. The summed E-state index contributed by atoms with van der Waals surface area (Å²) in [5, 5.41) is 0. The first kappa shape index (κ1) is 41.5. The van der Waals surface area contributed by atoms with E-state index in [1.807, 2.05) is 97.9 Å². The van der Waals surface area contributed by atoms with Gasteiger partial charge >= 0.3 is 6.18 Å². The highest BCUT2D eigenvalue weighted by atomic mass is 19.4. The third-order valence-corrected chi connectivity index (χ3v) is 10.8. The van der Waals surface area contributed by atoms with Crippen LogP contribution in [-0.4, -0.2) is 62.3 Å². The number of para-hydroxylation sites is 1. The topological polar surface area (TPSA) is 77.0 Å². The summed E-state index contributed by atoms with van der Waals surface area (Å²) in [4.78, 5) is 3.82. The van der Waals surface area contributed by atoms with Gasteiger partial charge in [0, 0.05) is 5.92 Å². The van der Waals surface area contributed by atoms with Crippen molar-refractivity contribution in [1.29, 1.82) is 0 Å². The molecular weight excluding hydrogens is 723 g/mol. The van der Waals surface area contributed by atoms with Crippen LogP contribution in [0.4, 0.5) is 18.9 Å². The smallest absolute Gasteiger partial charge is 0.444 e. The third kappa shape index (κ3) is 11.3. The Hall–Kier alpha value is -4.10. The van der Waals surface area contributed by atoms with Gasteiger partial charge in [-0.15, -0.1) is 0 Å². The normalized spacial score (nSPS) is 28.5. The second-order valence-electron chi connectivity index (χ2n) is 14.8. The summed E-state index contributed by atoms with van der Waals surface area (Å²) < 4.78 is 87.8. The van der Waals surface area contributed by atoms with Gasteiger partial charge in [0.25, 0.3) is 5.90 Å². The molecule has 10 atom stereocenters. The second-order valence-corrected chi connectivity index (χ2v) is 14.8. The Morgan fingerprint density at radius 2 is 1.02 bits per heavy atom. The number of alkyl halides is 3. The molecule has 8 nitrogen and oxygen atoms in total. The van der Waals surface area contributed by atoms with Crippen molar-refractivity contribution in [3.05, 3.63) is 138 Å². The van der Waals surface area contributed by atoms with Gasteiger partial charge in [0.2, 0.25) is 6.29 Å². The number of aliphatic imine (C=N–C) groups is 1. The zero-order chi connectivity index (χ0) is 39.5. The van der Waals surface area contributed by atoms with Crippen LogP contribution < -0.4 is 0 Å². The van der Waals surface area contributed by atoms with Gasteiger partial charge in [-0.1, -0.05) is 137 Å². The first-order chi connectivity index (χ1) is 27.1. The van der Waals surface area contributed by atoms with Gasteiger partial charge in [-0.25, -0.2) is 4.99 Å². The third-order valence-electron chi connectivity index (χ3n) is 10.8. The lowest BCUT2D eigenvalue weighted by Gasteiger charge is -2.49. The molecule has 2 fully saturated rings. The van der Waals surface area contributed by atoms with Crippen molar-refractivity contribution in [2.24, 2.45) is 28.7 Å². The van der Waals surface area contributed by atoms with E-state index in [-0.39, 0.29) is 42.8 Å². The van der Waals surface area contributed by atoms with Gasteiger partial charge in [-0.05, 0) is 46.6 Å². The maximum Gasteiger partial charge on any atom is 0.468 e. The number of hydrogen-bond donors (Lipinski definition) is 0. The monoisotopic (exact) mass is 775 g/mol. The molecule has 0 spiro atoms. The van der Waals surface area contributed by atoms with Crippen LogP contribution in [0, 0.1) is 23.7 Å². The van der Waals surface area contributed by atoms with Crippen LogP contribution in [0.25, 0.3) is 0 Å². The van der Waals surface area contributed by atoms with Crippen molar-refractivity contribution in [3.8, 4) is 0 Å². The maximum atomic E-state index is 14.4. The fourth-order valence-electron chi connectivity index (χ4n) is 7.07. The summed E-state index contributed by atoms with van der Waals surface area (Å²) in [6.45, 7) is 9.37. The Morgan fingerprint density at radius 1 is 0.554 bits per heavy atom. The van der Waals surface area contributed by atoms with Crippen molar-refractivity contribution < 1.29 is 46.3 Å². The Labute approximate surface area is 327 Å². The average Bonchev–Trinajstić information content (AvgIpc) is 3.20. The molecule has 0 aliphatic carbocycles. The lowest BCUT2D eigenvalue weighted by molar-refractivity contribution is -0.338. The van der Waals surface area contributed by atoms with E-state index in [2.05, 4.69) is 18.8 Å². The molecule has 0 bridgehead atoms. The van der Waals surface area contributed by atoms with Crippen LogP contribution >= 0.6 is 0 Å². The number of benzene rings is 4. The number of halogens is 3. The number of nitrogens with zero attached hydrogens (tertiary/aromatic N) is 1. The minimum absolute atomic E-state index is 0.00701. The molecule has 2 aliphatic heterocycles. The van der Waals surface area contributed by atoms with Crippen molar-refractivity contribution in [2.75, 3.05) is 13.2 Å². The fourth-order valence-corrected chi connectivity index (χ4v) is 7.07. The molecule has 0 N–H and O–H groups in total. The van der Waals surface area contributed by atoms with E-state index in [1.54, 1.807) is 25.1 Å². The van der Waals surface area contributed by atoms with Gasteiger partial charge in [0.05, 0.1) is 50.9 Å². The zero-order valence-electron chi connectivity index (χ0n) is 32.3. The highest BCUT2D eigenvalue weighted by Gasteiger charge is 2.51. The van der Waals surface area contributed by atoms with Gasteiger partial charge in [0.15, 0.2) is 6.29 Å². The zero-order valence-corrected chi connectivity index (χ0v) is 32.3. The Balaban J connectivity index is 1.24. The molecule has 0 radical (unpaired) electrons. The van der Waals surface area contributed by atoms with Crippen LogP contribution in [0.15, 0.2) is 126 Å². The Bertz CT molecular complexity index is 1760. The molecular formula is C45H52F3NO7. The fraction of sp³-hybridized carbons (Fsp3) is 0.444. The van der Waals surface area contributed by atoms with E-state index in [9.17, 15) is 13.2 Å². The standard InChI is InChI=1S/C45H52F3NO7/c1-30-31(2)41(52-27-36-21-13-7-14-22-36)43(53-38(30)28-50-25-34-17-9-5-10-18-34)55-40-32(3)33(4)42(54-39(40)29-51-26-35-19-11-6-12-20-35)56-44(45(46,47)48)49-37-23-15-8-16-24-37/h5-24,30-33,38-43H,25-29H2,1-4H3/b49-44+/t30-,31+,32-,33?,38?,39?,40+,41?,42?,43+/m1/s1. The predicted octanol–water partition coefficient (Wildman–Crippen LogP) is 9.69. The molecule has 0 amide bonds. The molecule has 11 heteroatoms. The molecule has 0 aromatic heterocycles. The highest BCUT2D eigenvalue weighted by molar-refractivity contribution is 5.84. The maximum absolute atomic E-state index is 14.4. The lowest BCUT2D eigenvalue weighted by atomic mass is 9.82. The molecule has 5 unspecified atom stereocenters. The van der Waals surface area contributed by atoms with Gasteiger partial charge in [0.1, 0.15) is 12.2 Å². The first-order valence-electron chi connectivity index (χ1n) is 19.3. The van der Waals surface area contributed by atoms with E-state index in [0.29, 0.717) is 19.8 Å². The molecule has 300 valence electrons. The van der Waals surface area contributed by atoms with Crippen molar-refractivity contribution >= 4 is 11.6 Å². The Kier molecular flexibility index (Phi) is 14.7. The van der Waals surface area contributed by atoms with E-state index in [0.717, 1.165) is 16.7 Å². The summed E-state index contributed by atoms with van der Waals surface area (Å²) in [7, 11) is 0. The Morgan fingerprint density at radius 3 is 1.55 bits per heavy atom. The summed E-state index contributed by atoms with van der Waals surface area (Å²) in [6, 6.07) is 37.4. The van der Waals surface area contributed by atoms with Crippen LogP contribution in [-0.2, 0) is 53.0 Å². The van der Waals surface area contributed by atoms with Crippen molar-refractivity contribution in [1.82, 2.24) is 0 Å². The van der Waals surface area contributed by atoms with E-state index < -0.39 is 48.9 Å². The van der Waals surface area contributed by atoms with Crippen LogP contribution in [0.3, 0.4) is 0 Å². The van der Waals surface area contributed by atoms with Gasteiger partial charge < -0.3 is 33.2 Å². The number of ether oxygens (including phenoxy) is 7. The number of hydrogen-bond acceptors (Lipinski definition) is 8. The average molecular weight is 776 g/mol. The minimum atomic E-state index is -4.86. The van der Waals surface area contributed by atoms with Crippen LogP contribution in [0.1, 0.15) is 44.4 Å². The van der Waals surface area contributed by atoms with E-state index >= 15 is 0 Å². The molecule has 4 aromatic carbocycles. The van der Waals surface area contributed by atoms with E-state index in [1.165, 1.54) is 12.1 Å². The first-order valence-corrected chi connectivity index (χ1v) is 19.3. The summed E-state index contributed by atoms with van der Waals surface area (Å²) in [5.74, 6) is -2.26. The highest BCUT2D eigenvalue weighted by Crippen LogP contribution is 2.40. The SMILES string of the molecule is CC1C(O/C(=N/c2ccccc2)C(F)(F)F)OC(COCc2ccccc2)[C@@H](O[C@@H]2OC(COCc3ccccc3)[C@H](C)[C@H](C)C2OCc2ccccc2)[C@@H]1C. The van der Waals surface area contributed by atoms with E-state index in [4.69, 9.17) is 33.2 Å². The molecule has 4 aromatic rings. The van der Waals surface area contributed by atoms with Crippen molar-refractivity contribution in [3.63, 3.8) is 0 Å². The molecule has 0 saturated carbocycles. The van der Waals surface area contributed by atoms with Crippen LogP contribution in [0.2, 0.25) is 0 Å². The predicted molar refractivity (Wildman–Crippen MR) is 207 cm³/mol. The molecule has 56 heavy (non-hydrogen) atoms. The lowest BCUT2D eigenvalue weighted by Crippen LogP contribution is -2.59. The molecule has 6 rings (SSSR count). The van der Waals surface area contributed by atoms with Crippen LogP contribution in [0.5, 0.6) is 0 Å². The molecule has 2 heterocycles. The van der Waals surface area contributed by atoms with Crippen molar-refractivity contribution in [2.45, 2.75) is 90.7 Å².